The molecule has 0 aliphatic carbocycles. The lowest BCUT2D eigenvalue weighted by molar-refractivity contribution is -0.117. The maximum atomic E-state index is 12.7. The van der Waals surface area contributed by atoms with E-state index < -0.39 is 0 Å². The van der Waals surface area contributed by atoms with Gasteiger partial charge in [-0.2, -0.15) is 0 Å². The first-order chi connectivity index (χ1) is 18.1. The van der Waals surface area contributed by atoms with E-state index in [1.165, 1.54) is 6.08 Å². The Morgan fingerprint density at radius 1 is 0.973 bits per heavy atom. The minimum absolute atomic E-state index is 0.202. The molecular formula is C29H27N5O3. The second kappa shape index (κ2) is 10.4. The van der Waals surface area contributed by atoms with Gasteiger partial charge in [-0.3, -0.25) is 4.79 Å². The molecule has 3 N–H and O–H groups in total. The molecule has 0 unspecified atom stereocenters. The van der Waals surface area contributed by atoms with E-state index in [4.69, 9.17) is 9.47 Å². The number of hydrogen-bond donors (Lipinski definition) is 3. The Kier molecular flexibility index (Phi) is 6.72. The van der Waals surface area contributed by atoms with Crippen molar-refractivity contribution < 1.29 is 14.3 Å². The summed E-state index contributed by atoms with van der Waals surface area (Å²) in [5, 5.41) is 3.92. The summed E-state index contributed by atoms with van der Waals surface area (Å²) >= 11 is 0. The normalized spacial score (nSPS) is 12.1. The second-order valence-corrected chi connectivity index (χ2v) is 8.56. The highest BCUT2D eigenvalue weighted by atomic mass is 16.5. The summed E-state index contributed by atoms with van der Waals surface area (Å²) in [4.78, 5) is 27.9. The number of H-pyrrole nitrogens is 2. The zero-order chi connectivity index (χ0) is 25.8. The van der Waals surface area contributed by atoms with Crippen molar-refractivity contribution in [3.63, 3.8) is 0 Å². The molecule has 3 aromatic heterocycles. The summed E-state index contributed by atoms with van der Waals surface area (Å²) in [7, 11) is 3.18. The maximum absolute atomic E-state index is 12.7. The van der Waals surface area contributed by atoms with Crippen molar-refractivity contribution in [1.29, 1.82) is 0 Å². The SMILES string of the molecule is COc1ccc([C@@H](C)NC(=O)/C=C/c2c[nH]c3ncc(-c4cccc(-c5ncc[nH]5)c4)cc23)cc1OC. The van der Waals surface area contributed by atoms with Crippen LogP contribution in [0.25, 0.3) is 39.6 Å². The van der Waals surface area contributed by atoms with Crippen molar-refractivity contribution in [3.8, 4) is 34.0 Å². The highest BCUT2D eigenvalue weighted by Gasteiger charge is 2.12. The smallest absolute Gasteiger partial charge is 0.244 e. The number of aromatic amines is 2. The molecule has 8 nitrogen and oxygen atoms in total. The fourth-order valence-electron chi connectivity index (χ4n) is 4.22. The number of methoxy groups -OCH3 is 2. The Morgan fingerprint density at radius 2 is 1.81 bits per heavy atom. The van der Waals surface area contributed by atoms with Crippen molar-refractivity contribution in [1.82, 2.24) is 25.3 Å². The first kappa shape index (κ1) is 23.9. The van der Waals surface area contributed by atoms with Crippen molar-refractivity contribution in [2.24, 2.45) is 0 Å². The predicted octanol–water partition coefficient (Wildman–Crippen LogP) is 5.53. The van der Waals surface area contributed by atoms with E-state index in [2.05, 4.69) is 37.4 Å². The Hall–Kier alpha value is -4.85. The molecule has 0 saturated heterocycles. The number of fused-ring (bicyclic) bond motifs is 1. The molecule has 0 saturated carbocycles. The van der Waals surface area contributed by atoms with E-state index in [1.54, 1.807) is 32.7 Å². The molecule has 3 heterocycles. The van der Waals surface area contributed by atoms with E-state index in [9.17, 15) is 4.79 Å². The van der Waals surface area contributed by atoms with Crippen LogP contribution in [0.1, 0.15) is 24.1 Å². The van der Waals surface area contributed by atoms with Crippen LogP contribution in [0.3, 0.4) is 0 Å². The topological polar surface area (TPSA) is 105 Å². The monoisotopic (exact) mass is 493 g/mol. The van der Waals surface area contributed by atoms with Gasteiger partial charge in [0.05, 0.1) is 20.3 Å². The van der Waals surface area contributed by atoms with Crippen LogP contribution in [-0.4, -0.2) is 40.1 Å². The van der Waals surface area contributed by atoms with Crippen LogP contribution in [0.5, 0.6) is 11.5 Å². The Morgan fingerprint density at radius 3 is 2.59 bits per heavy atom. The van der Waals surface area contributed by atoms with Crippen LogP contribution in [0.2, 0.25) is 0 Å². The lowest BCUT2D eigenvalue weighted by Gasteiger charge is -2.15. The largest absolute Gasteiger partial charge is 0.493 e. The van der Waals surface area contributed by atoms with Crippen LogP contribution in [-0.2, 0) is 4.79 Å². The number of nitrogens with zero attached hydrogens (tertiary/aromatic N) is 2. The average molecular weight is 494 g/mol. The lowest BCUT2D eigenvalue weighted by Crippen LogP contribution is -2.24. The molecule has 0 radical (unpaired) electrons. The number of amides is 1. The number of carbonyl (C=O) groups excluding carboxylic acids is 1. The summed E-state index contributed by atoms with van der Waals surface area (Å²) in [5.41, 5.74) is 5.54. The molecular weight excluding hydrogens is 466 g/mol. The number of rotatable bonds is 8. The zero-order valence-electron chi connectivity index (χ0n) is 20.8. The van der Waals surface area contributed by atoms with Gasteiger partial charge in [0.1, 0.15) is 11.5 Å². The standard InChI is InChI=1S/C29H27N5O3/c1-18(19-7-9-25(36-2)26(15-19)37-3)34-27(35)10-8-22-16-32-29-24(22)14-23(17-33-29)20-5-4-6-21(13-20)28-30-11-12-31-28/h4-18H,1-3H3,(H,30,31)(H,32,33)(H,34,35)/b10-8+/t18-/m1/s1. The number of ether oxygens (including phenoxy) is 2. The van der Waals surface area contributed by atoms with Crippen molar-refractivity contribution >= 4 is 23.0 Å². The van der Waals surface area contributed by atoms with Gasteiger partial charge in [-0.15, -0.1) is 0 Å². The zero-order valence-corrected chi connectivity index (χ0v) is 20.8. The molecule has 186 valence electrons. The van der Waals surface area contributed by atoms with E-state index in [0.717, 1.165) is 44.7 Å². The minimum Gasteiger partial charge on any atom is -0.493 e. The van der Waals surface area contributed by atoms with Gasteiger partial charge in [-0.1, -0.05) is 24.3 Å². The summed E-state index contributed by atoms with van der Waals surface area (Å²) in [6.45, 7) is 1.92. The summed E-state index contributed by atoms with van der Waals surface area (Å²) < 4.78 is 10.7. The van der Waals surface area contributed by atoms with Crippen molar-refractivity contribution in [3.05, 3.63) is 90.5 Å². The highest BCUT2D eigenvalue weighted by Crippen LogP contribution is 2.30. The third-order valence-electron chi connectivity index (χ3n) is 6.21. The number of carbonyl (C=O) groups is 1. The molecule has 2 aromatic carbocycles. The quantitative estimate of drug-likeness (QED) is 0.247. The average Bonchev–Trinajstić information content (AvgIpc) is 3.62. The molecule has 1 amide bonds. The minimum atomic E-state index is -0.213. The van der Waals surface area contributed by atoms with E-state index in [1.807, 2.05) is 55.7 Å². The third-order valence-corrected chi connectivity index (χ3v) is 6.21. The van der Waals surface area contributed by atoms with Gasteiger partial charge in [0, 0.05) is 52.9 Å². The number of pyridine rings is 1. The summed E-state index contributed by atoms with van der Waals surface area (Å²) in [5.74, 6) is 1.87. The number of hydrogen-bond acceptors (Lipinski definition) is 5. The van der Waals surface area contributed by atoms with E-state index >= 15 is 0 Å². The number of benzene rings is 2. The van der Waals surface area contributed by atoms with Crippen LogP contribution < -0.4 is 14.8 Å². The molecule has 0 aliphatic heterocycles. The van der Waals surface area contributed by atoms with E-state index in [-0.39, 0.29) is 11.9 Å². The first-order valence-corrected chi connectivity index (χ1v) is 11.8. The van der Waals surface area contributed by atoms with Crippen molar-refractivity contribution in [2.45, 2.75) is 13.0 Å². The van der Waals surface area contributed by atoms with Gasteiger partial charge in [0.25, 0.3) is 0 Å². The molecule has 5 aromatic rings. The van der Waals surface area contributed by atoms with Gasteiger partial charge in [0.2, 0.25) is 5.91 Å². The first-order valence-electron chi connectivity index (χ1n) is 11.8. The van der Waals surface area contributed by atoms with Gasteiger partial charge >= 0.3 is 0 Å². The van der Waals surface area contributed by atoms with Gasteiger partial charge in [0.15, 0.2) is 11.5 Å². The van der Waals surface area contributed by atoms with Crippen LogP contribution in [0.15, 0.2) is 79.4 Å². The Balaban J connectivity index is 1.34. The van der Waals surface area contributed by atoms with Crippen LogP contribution in [0, 0.1) is 0 Å². The molecule has 0 fully saturated rings. The summed E-state index contributed by atoms with van der Waals surface area (Å²) in [6.07, 6.45) is 10.6. The Bertz CT molecular complexity index is 1570. The van der Waals surface area contributed by atoms with Crippen LogP contribution >= 0.6 is 0 Å². The van der Waals surface area contributed by atoms with Crippen molar-refractivity contribution in [2.75, 3.05) is 14.2 Å². The fraction of sp³-hybridized carbons (Fsp3) is 0.138. The molecule has 1 atom stereocenters. The second-order valence-electron chi connectivity index (χ2n) is 8.56. The number of nitrogens with one attached hydrogen (secondary N) is 3. The molecule has 37 heavy (non-hydrogen) atoms. The molecule has 0 aliphatic rings. The maximum Gasteiger partial charge on any atom is 0.244 e. The molecule has 5 rings (SSSR count). The van der Waals surface area contributed by atoms with Gasteiger partial charge in [-0.05, 0) is 48.4 Å². The van der Waals surface area contributed by atoms with E-state index in [0.29, 0.717) is 11.5 Å². The fourth-order valence-corrected chi connectivity index (χ4v) is 4.22. The Labute approximate surface area is 214 Å². The lowest BCUT2D eigenvalue weighted by atomic mass is 10.0. The number of aromatic nitrogens is 4. The molecule has 0 spiro atoms. The third kappa shape index (κ3) is 5.08. The van der Waals surface area contributed by atoms with Crippen LogP contribution in [0.4, 0.5) is 0 Å². The van der Waals surface area contributed by atoms with Gasteiger partial charge in [-0.25, -0.2) is 9.97 Å². The predicted molar refractivity (Wildman–Crippen MR) is 144 cm³/mol. The highest BCUT2D eigenvalue weighted by molar-refractivity contribution is 5.96. The van der Waals surface area contributed by atoms with Gasteiger partial charge < -0.3 is 24.8 Å². The number of imidazole rings is 1. The molecule has 0 bridgehead atoms. The summed E-state index contributed by atoms with van der Waals surface area (Å²) in [6, 6.07) is 15.6. The molecule has 8 heteroatoms.